The van der Waals surface area contributed by atoms with E-state index in [9.17, 15) is 4.79 Å². The lowest BCUT2D eigenvalue weighted by Gasteiger charge is -2.28. The summed E-state index contributed by atoms with van der Waals surface area (Å²) in [5, 5.41) is 0. The molecular weight excluding hydrogens is 344 g/mol. The number of ether oxygens (including phenoxy) is 1. The summed E-state index contributed by atoms with van der Waals surface area (Å²) in [5.74, 6) is 1.48. The summed E-state index contributed by atoms with van der Waals surface area (Å²) in [6.45, 7) is 0.567. The summed E-state index contributed by atoms with van der Waals surface area (Å²) >= 11 is 3.46. The molecule has 0 spiro atoms. The molecule has 5 heteroatoms. The molecule has 22 heavy (non-hydrogen) atoms. The lowest BCUT2D eigenvalue weighted by atomic mass is 10.1. The number of amides is 1. The molecule has 2 unspecified atom stereocenters. The van der Waals surface area contributed by atoms with Crippen molar-refractivity contribution in [3.8, 4) is 5.75 Å². The number of carbonyl (C=O) groups excluding carboxylic acids is 1. The van der Waals surface area contributed by atoms with E-state index in [4.69, 9.17) is 4.74 Å². The van der Waals surface area contributed by atoms with E-state index >= 15 is 0 Å². The minimum Gasteiger partial charge on any atom is -0.497 e. The van der Waals surface area contributed by atoms with Crippen LogP contribution in [-0.4, -0.2) is 18.0 Å². The summed E-state index contributed by atoms with van der Waals surface area (Å²) in [7, 11) is 1.65. The highest BCUT2D eigenvalue weighted by atomic mass is 79.9. The zero-order valence-corrected chi connectivity index (χ0v) is 13.7. The van der Waals surface area contributed by atoms with Crippen molar-refractivity contribution < 1.29 is 9.53 Å². The number of nitrogens with zero attached hydrogens (tertiary/aromatic N) is 2. The van der Waals surface area contributed by atoms with Crippen LogP contribution in [0.25, 0.3) is 0 Å². The number of hydrogen-bond donors (Lipinski definition) is 0. The lowest BCUT2D eigenvalue weighted by Crippen LogP contribution is -2.35. The summed E-state index contributed by atoms with van der Waals surface area (Å²) in [5.41, 5.74) is 3.08. The van der Waals surface area contributed by atoms with Crippen LogP contribution in [0.3, 0.4) is 0 Å². The third-order valence-corrected chi connectivity index (χ3v) is 4.81. The highest BCUT2D eigenvalue weighted by molar-refractivity contribution is 9.10. The van der Waals surface area contributed by atoms with Gasteiger partial charge in [0.1, 0.15) is 5.75 Å². The average Bonchev–Trinajstić information content (AvgIpc) is 3.33. The molecule has 0 saturated heterocycles. The van der Waals surface area contributed by atoms with Crippen LogP contribution < -0.4 is 9.64 Å². The van der Waals surface area contributed by atoms with Crippen LogP contribution in [0.1, 0.15) is 23.6 Å². The fourth-order valence-corrected chi connectivity index (χ4v) is 3.43. The minimum atomic E-state index is 0.124. The molecule has 2 aromatic rings. The van der Waals surface area contributed by atoms with Gasteiger partial charge in [0.05, 0.1) is 25.0 Å². The minimum absolute atomic E-state index is 0.124. The third-order valence-electron chi connectivity index (χ3n) is 4.38. The molecule has 1 aliphatic carbocycles. The number of rotatable bonds is 3. The zero-order chi connectivity index (χ0) is 15.3. The number of carbonyl (C=O) groups is 1. The van der Waals surface area contributed by atoms with Crippen molar-refractivity contribution in [1.29, 1.82) is 0 Å². The molecular formula is C17H15BrN2O2. The maximum Gasteiger partial charge on any atom is 0.231 e. The molecule has 2 heterocycles. The Hall–Kier alpha value is -1.88. The molecule has 4 nitrogen and oxygen atoms in total. The Morgan fingerprint density at radius 1 is 1.32 bits per heavy atom. The van der Waals surface area contributed by atoms with E-state index < -0.39 is 0 Å². The van der Waals surface area contributed by atoms with E-state index in [2.05, 4.69) is 20.9 Å². The Morgan fingerprint density at radius 3 is 2.82 bits per heavy atom. The SMILES string of the molecule is COc1ccc(CN2C(=O)C3CC3c3ncc(Br)cc32)cc1. The smallest absolute Gasteiger partial charge is 0.231 e. The predicted molar refractivity (Wildman–Crippen MR) is 87.0 cm³/mol. The number of methoxy groups -OCH3 is 1. The van der Waals surface area contributed by atoms with Crippen LogP contribution in [0.4, 0.5) is 5.69 Å². The lowest BCUT2D eigenvalue weighted by molar-refractivity contribution is -0.120. The van der Waals surface area contributed by atoms with Crippen LogP contribution in [0.5, 0.6) is 5.75 Å². The first-order valence-electron chi connectivity index (χ1n) is 7.27. The Bertz CT molecular complexity index is 745. The molecule has 2 atom stereocenters. The summed E-state index contributed by atoms with van der Waals surface area (Å²) < 4.78 is 6.08. The zero-order valence-electron chi connectivity index (χ0n) is 12.1. The van der Waals surface area contributed by atoms with Gasteiger partial charge in [0.15, 0.2) is 0 Å². The van der Waals surface area contributed by atoms with Gasteiger partial charge in [0.25, 0.3) is 0 Å². The molecule has 4 rings (SSSR count). The highest BCUT2D eigenvalue weighted by Crippen LogP contribution is 2.55. The van der Waals surface area contributed by atoms with Gasteiger partial charge < -0.3 is 9.64 Å². The third kappa shape index (κ3) is 2.20. The summed E-state index contributed by atoms with van der Waals surface area (Å²) in [6.07, 6.45) is 2.75. The Balaban J connectivity index is 1.68. The highest BCUT2D eigenvalue weighted by Gasteiger charge is 2.52. The Morgan fingerprint density at radius 2 is 2.09 bits per heavy atom. The van der Waals surface area contributed by atoms with Crippen molar-refractivity contribution in [2.45, 2.75) is 18.9 Å². The standard InChI is InChI=1S/C17H15BrN2O2/c1-22-12-4-2-10(3-5-12)9-20-15-6-11(18)8-19-16(15)13-7-14(13)17(20)21/h2-6,8,13-14H,7,9H2,1H3. The number of benzene rings is 1. The molecule has 1 saturated carbocycles. The van der Waals surface area contributed by atoms with Gasteiger partial charge >= 0.3 is 0 Å². The Labute approximate surface area is 137 Å². The molecule has 0 N–H and O–H groups in total. The monoisotopic (exact) mass is 358 g/mol. The van der Waals surface area contributed by atoms with E-state index in [1.807, 2.05) is 41.4 Å². The van der Waals surface area contributed by atoms with Gasteiger partial charge in [-0.2, -0.15) is 0 Å². The van der Waals surface area contributed by atoms with Crippen molar-refractivity contribution >= 4 is 27.5 Å². The molecule has 1 fully saturated rings. The van der Waals surface area contributed by atoms with Gasteiger partial charge in [-0.1, -0.05) is 12.1 Å². The fourth-order valence-electron chi connectivity index (χ4n) is 3.11. The maximum absolute atomic E-state index is 12.6. The van der Waals surface area contributed by atoms with E-state index in [0.29, 0.717) is 12.5 Å². The second-order valence-corrected chi connectivity index (χ2v) is 6.69. The largest absolute Gasteiger partial charge is 0.497 e. The molecule has 1 amide bonds. The van der Waals surface area contributed by atoms with E-state index in [1.165, 1.54) is 0 Å². The van der Waals surface area contributed by atoms with Crippen molar-refractivity contribution in [1.82, 2.24) is 4.98 Å². The summed E-state index contributed by atoms with van der Waals surface area (Å²) in [6, 6.07) is 9.83. The maximum atomic E-state index is 12.6. The van der Waals surface area contributed by atoms with E-state index in [0.717, 1.165) is 33.6 Å². The molecule has 1 aromatic carbocycles. The normalized spacial score (nSPS) is 22.1. The van der Waals surface area contributed by atoms with Crippen LogP contribution in [0.15, 0.2) is 41.0 Å². The molecule has 112 valence electrons. The number of anilines is 1. The van der Waals surface area contributed by atoms with E-state index in [-0.39, 0.29) is 11.8 Å². The first-order chi connectivity index (χ1) is 10.7. The van der Waals surface area contributed by atoms with Gasteiger partial charge in [0, 0.05) is 22.5 Å². The number of hydrogen-bond acceptors (Lipinski definition) is 3. The molecule has 0 radical (unpaired) electrons. The van der Waals surface area contributed by atoms with Crippen molar-refractivity contribution in [3.05, 3.63) is 52.3 Å². The topological polar surface area (TPSA) is 42.4 Å². The number of pyridine rings is 1. The number of aromatic nitrogens is 1. The second-order valence-electron chi connectivity index (χ2n) is 5.78. The van der Waals surface area contributed by atoms with Gasteiger partial charge in [-0.15, -0.1) is 0 Å². The fraction of sp³-hybridized carbons (Fsp3) is 0.294. The molecule has 1 aliphatic heterocycles. The summed E-state index contributed by atoms with van der Waals surface area (Å²) in [4.78, 5) is 19.0. The van der Waals surface area contributed by atoms with Gasteiger partial charge in [0.2, 0.25) is 5.91 Å². The van der Waals surface area contributed by atoms with Crippen molar-refractivity contribution in [2.24, 2.45) is 5.92 Å². The van der Waals surface area contributed by atoms with Gasteiger partial charge in [-0.05, 0) is 46.1 Å². The number of fused-ring (bicyclic) bond motifs is 3. The molecule has 0 bridgehead atoms. The first-order valence-corrected chi connectivity index (χ1v) is 8.06. The number of halogens is 1. The van der Waals surface area contributed by atoms with Crippen LogP contribution in [0, 0.1) is 5.92 Å². The second kappa shape index (κ2) is 5.09. The Kier molecular flexibility index (Phi) is 3.18. The first kappa shape index (κ1) is 13.8. The van der Waals surface area contributed by atoms with Crippen molar-refractivity contribution in [2.75, 3.05) is 12.0 Å². The molecule has 2 aliphatic rings. The van der Waals surface area contributed by atoms with Crippen LogP contribution in [0.2, 0.25) is 0 Å². The predicted octanol–water partition coefficient (Wildman–Crippen LogP) is 3.50. The van der Waals surface area contributed by atoms with Crippen molar-refractivity contribution in [3.63, 3.8) is 0 Å². The average molecular weight is 359 g/mol. The molecule has 1 aromatic heterocycles. The quantitative estimate of drug-likeness (QED) is 0.843. The van der Waals surface area contributed by atoms with Gasteiger partial charge in [-0.3, -0.25) is 9.78 Å². The van der Waals surface area contributed by atoms with Gasteiger partial charge in [-0.25, -0.2) is 0 Å². The van der Waals surface area contributed by atoms with Crippen LogP contribution in [-0.2, 0) is 11.3 Å². The van der Waals surface area contributed by atoms with Crippen LogP contribution >= 0.6 is 15.9 Å². The van der Waals surface area contributed by atoms with E-state index in [1.54, 1.807) is 7.11 Å².